The van der Waals surface area contributed by atoms with Gasteiger partial charge in [0.15, 0.2) is 0 Å². The molecule has 6 heteroatoms. The first-order valence-corrected chi connectivity index (χ1v) is 7.08. The summed E-state index contributed by atoms with van der Waals surface area (Å²) < 4.78 is 0. The predicted octanol–water partition coefficient (Wildman–Crippen LogP) is 0.957. The Morgan fingerprint density at radius 2 is 2.21 bits per heavy atom. The average molecular weight is 265 g/mol. The van der Waals surface area contributed by atoms with E-state index in [1.807, 2.05) is 11.8 Å². The minimum absolute atomic E-state index is 0.0678. The number of aromatic nitrogens is 3. The lowest BCUT2D eigenvalue weighted by molar-refractivity contribution is 0.0669. The maximum atomic E-state index is 12.2. The SMILES string of the molecule is CCCc1nc(C(=O)N2CCC(C(C)N)CC2)n[nH]1. The Hall–Kier alpha value is -1.43. The monoisotopic (exact) mass is 265 g/mol. The molecule has 1 atom stereocenters. The number of nitrogens with zero attached hydrogens (tertiary/aromatic N) is 3. The fourth-order valence-corrected chi connectivity index (χ4v) is 2.51. The van der Waals surface area contributed by atoms with Crippen LogP contribution < -0.4 is 5.73 Å². The first-order chi connectivity index (χ1) is 9.11. The molecule has 3 N–H and O–H groups in total. The fourth-order valence-electron chi connectivity index (χ4n) is 2.51. The quantitative estimate of drug-likeness (QED) is 0.848. The molecule has 1 aromatic heterocycles. The van der Waals surface area contributed by atoms with E-state index < -0.39 is 0 Å². The van der Waals surface area contributed by atoms with Crippen molar-refractivity contribution < 1.29 is 4.79 Å². The van der Waals surface area contributed by atoms with Crippen LogP contribution in [0.3, 0.4) is 0 Å². The van der Waals surface area contributed by atoms with Gasteiger partial charge in [-0.3, -0.25) is 9.89 Å². The molecule has 1 aromatic rings. The Labute approximate surface area is 113 Å². The fraction of sp³-hybridized carbons (Fsp3) is 0.769. The molecule has 0 bridgehead atoms. The van der Waals surface area contributed by atoms with E-state index in [4.69, 9.17) is 5.73 Å². The molecule has 0 aliphatic carbocycles. The third-order valence-corrected chi connectivity index (χ3v) is 3.78. The van der Waals surface area contributed by atoms with Crippen molar-refractivity contribution in [2.75, 3.05) is 13.1 Å². The zero-order chi connectivity index (χ0) is 13.8. The number of hydrogen-bond donors (Lipinski definition) is 2. The van der Waals surface area contributed by atoms with E-state index in [-0.39, 0.29) is 11.9 Å². The summed E-state index contributed by atoms with van der Waals surface area (Å²) in [5, 5.41) is 6.84. The lowest BCUT2D eigenvalue weighted by Crippen LogP contribution is -2.42. The van der Waals surface area contributed by atoms with Gasteiger partial charge in [-0.05, 0) is 32.1 Å². The molecule has 1 amide bonds. The highest BCUT2D eigenvalue weighted by Crippen LogP contribution is 2.20. The van der Waals surface area contributed by atoms with Gasteiger partial charge in [-0.15, -0.1) is 5.10 Å². The largest absolute Gasteiger partial charge is 0.336 e. The van der Waals surface area contributed by atoms with Crippen LogP contribution >= 0.6 is 0 Å². The van der Waals surface area contributed by atoms with Gasteiger partial charge in [0.25, 0.3) is 5.91 Å². The third-order valence-electron chi connectivity index (χ3n) is 3.78. The number of carbonyl (C=O) groups excluding carboxylic acids is 1. The highest BCUT2D eigenvalue weighted by molar-refractivity contribution is 5.90. The molecule has 0 spiro atoms. The molecule has 0 saturated carbocycles. The number of piperidine rings is 1. The lowest BCUT2D eigenvalue weighted by atomic mass is 9.91. The van der Waals surface area contributed by atoms with Crippen LogP contribution in [0.4, 0.5) is 0 Å². The third kappa shape index (κ3) is 3.32. The van der Waals surface area contributed by atoms with Gasteiger partial charge in [-0.2, -0.15) is 0 Å². The van der Waals surface area contributed by atoms with E-state index in [9.17, 15) is 4.79 Å². The van der Waals surface area contributed by atoms with Crippen molar-refractivity contribution in [1.82, 2.24) is 20.1 Å². The minimum atomic E-state index is -0.0678. The smallest absolute Gasteiger partial charge is 0.293 e. The van der Waals surface area contributed by atoms with Crippen molar-refractivity contribution >= 4 is 5.91 Å². The molecule has 6 nitrogen and oxygen atoms in total. The number of aromatic amines is 1. The lowest BCUT2D eigenvalue weighted by Gasteiger charge is -2.33. The standard InChI is InChI=1S/C13H23N5O/c1-3-4-11-15-12(17-16-11)13(19)18-7-5-10(6-8-18)9(2)14/h9-10H,3-8,14H2,1-2H3,(H,15,16,17). The van der Waals surface area contributed by atoms with E-state index in [2.05, 4.69) is 22.1 Å². The Morgan fingerprint density at radius 1 is 1.53 bits per heavy atom. The van der Waals surface area contributed by atoms with Crippen LogP contribution in [0.1, 0.15) is 49.6 Å². The van der Waals surface area contributed by atoms with Crippen LogP contribution in [0.25, 0.3) is 0 Å². The number of aryl methyl sites for hydroxylation is 1. The van der Waals surface area contributed by atoms with Crippen LogP contribution in [0, 0.1) is 5.92 Å². The molecule has 0 aromatic carbocycles. The molecule has 1 aliphatic rings. The average Bonchev–Trinajstić information content (AvgIpc) is 2.87. The molecule has 1 saturated heterocycles. The highest BCUT2D eigenvalue weighted by Gasteiger charge is 2.27. The van der Waals surface area contributed by atoms with Crippen molar-refractivity contribution in [3.63, 3.8) is 0 Å². The zero-order valence-electron chi connectivity index (χ0n) is 11.7. The summed E-state index contributed by atoms with van der Waals surface area (Å²) in [5.74, 6) is 1.53. The van der Waals surface area contributed by atoms with Crippen LogP contribution in [-0.2, 0) is 6.42 Å². The maximum Gasteiger partial charge on any atom is 0.293 e. The molecule has 1 aliphatic heterocycles. The second-order valence-electron chi connectivity index (χ2n) is 5.34. The van der Waals surface area contributed by atoms with Crippen LogP contribution in [0.5, 0.6) is 0 Å². The molecule has 0 radical (unpaired) electrons. The van der Waals surface area contributed by atoms with E-state index in [0.717, 1.165) is 44.6 Å². The molecule has 1 fully saturated rings. The number of nitrogens with two attached hydrogens (primary N) is 1. The van der Waals surface area contributed by atoms with Crippen molar-refractivity contribution in [3.8, 4) is 0 Å². The van der Waals surface area contributed by atoms with E-state index in [1.165, 1.54) is 0 Å². The van der Waals surface area contributed by atoms with Gasteiger partial charge in [0.2, 0.25) is 5.82 Å². The molecule has 2 rings (SSSR count). The summed E-state index contributed by atoms with van der Waals surface area (Å²) in [6.07, 6.45) is 3.75. The van der Waals surface area contributed by atoms with Gasteiger partial charge < -0.3 is 10.6 Å². The second-order valence-corrected chi connectivity index (χ2v) is 5.34. The number of likely N-dealkylation sites (tertiary alicyclic amines) is 1. The zero-order valence-corrected chi connectivity index (χ0v) is 11.7. The number of hydrogen-bond acceptors (Lipinski definition) is 4. The summed E-state index contributed by atoms with van der Waals surface area (Å²) in [6.45, 7) is 5.61. The van der Waals surface area contributed by atoms with Gasteiger partial charge in [-0.25, -0.2) is 4.98 Å². The molecule has 1 unspecified atom stereocenters. The number of carbonyl (C=O) groups is 1. The molecule has 106 valence electrons. The van der Waals surface area contributed by atoms with Gasteiger partial charge in [0, 0.05) is 25.6 Å². The first kappa shape index (κ1) is 14.0. The summed E-state index contributed by atoms with van der Waals surface area (Å²) in [5.41, 5.74) is 5.90. The molecular formula is C13H23N5O. The number of H-pyrrole nitrogens is 1. The summed E-state index contributed by atoms with van der Waals surface area (Å²) in [6, 6.07) is 0.205. The van der Waals surface area contributed by atoms with E-state index in [0.29, 0.717) is 11.7 Å². The van der Waals surface area contributed by atoms with Gasteiger partial charge in [-0.1, -0.05) is 6.92 Å². The Balaban J connectivity index is 1.93. The number of nitrogens with one attached hydrogen (secondary N) is 1. The topological polar surface area (TPSA) is 87.9 Å². The summed E-state index contributed by atoms with van der Waals surface area (Å²) in [4.78, 5) is 18.3. The summed E-state index contributed by atoms with van der Waals surface area (Å²) >= 11 is 0. The highest BCUT2D eigenvalue weighted by atomic mass is 16.2. The van der Waals surface area contributed by atoms with Crippen LogP contribution in [0.2, 0.25) is 0 Å². The molecule has 19 heavy (non-hydrogen) atoms. The van der Waals surface area contributed by atoms with Crippen molar-refractivity contribution in [1.29, 1.82) is 0 Å². The van der Waals surface area contributed by atoms with Gasteiger partial charge >= 0.3 is 0 Å². The normalized spacial score (nSPS) is 18.6. The number of rotatable bonds is 4. The Morgan fingerprint density at radius 3 is 2.79 bits per heavy atom. The summed E-state index contributed by atoms with van der Waals surface area (Å²) in [7, 11) is 0. The second kappa shape index (κ2) is 6.14. The maximum absolute atomic E-state index is 12.2. The Kier molecular flexibility index (Phi) is 4.52. The molecular weight excluding hydrogens is 242 g/mol. The van der Waals surface area contributed by atoms with Gasteiger partial charge in [0.1, 0.15) is 5.82 Å². The van der Waals surface area contributed by atoms with Crippen LogP contribution in [-0.4, -0.2) is 45.1 Å². The number of amides is 1. The van der Waals surface area contributed by atoms with E-state index in [1.54, 1.807) is 0 Å². The van der Waals surface area contributed by atoms with Crippen LogP contribution in [0.15, 0.2) is 0 Å². The predicted molar refractivity (Wildman–Crippen MR) is 72.7 cm³/mol. The van der Waals surface area contributed by atoms with E-state index >= 15 is 0 Å². The van der Waals surface area contributed by atoms with Crippen molar-refractivity contribution in [2.24, 2.45) is 11.7 Å². The molecule has 2 heterocycles. The van der Waals surface area contributed by atoms with Crippen molar-refractivity contribution in [3.05, 3.63) is 11.6 Å². The Bertz CT molecular complexity index is 420. The minimum Gasteiger partial charge on any atom is -0.336 e. The van der Waals surface area contributed by atoms with Gasteiger partial charge in [0.05, 0.1) is 0 Å². The van der Waals surface area contributed by atoms with Crippen molar-refractivity contribution in [2.45, 2.75) is 45.6 Å². The first-order valence-electron chi connectivity index (χ1n) is 7.08.